The van der Waals surface area contributed by atoms with E-state index in [1.807, 2.05) is 19.2 Å². The second-order valence-electron chi connectivity index (χ2n) is 6.60. The average Bonchev–Trinajstić information content (AvgIpc) is 2.42. The van der Waals surface area contributed by atoms with E-state index in [4.69, 9.17) is 14.2 Å². The lowest BCUT2D eigenvalue weighted by Crippen LogP contribution is -2.60. The van der Waals surface area contributed by atoms with Crippen LogP contribution in [0.25, 0.3) is 0 Å². The van der Waals surface area contributed by atoms with E-state index in [0.717, 1.165) is 23.5 Å². The van der Waals surface area contributed by atoms with E-state index in [0.29, 0.717) is 6.04 Å². The molecule has 0 saturated heterocycles. The highest BCUT2D eigenvalue weighted by Crippen LogP contribution is 2.37. The van der Waals surface area contributed by atoms with Gasteiger partial charge in [0.25, 0.3) is 0 Å². The zero-order chi connectivity index (χ0) is 15.6. The van der Waals surface area contributed by atoms with Gasteiger partial charge >= 0.3 is 0 Å². The highest BCUT2D eigenvalue weighted by molar-refractivity contribution is 5.44. The zero-order valence-electron chi connectivity index (χ0n) is 13.9. The first-order valence-corrected chi connectivity index (χ1v) is 7.46. The van der Waals surface area contributed by atoms with Crippen LogP contribution in [0.5, 0.6) is 11.5 Å². The zero-order valence-corrected chi connectivity index (χ0v) is 13.9. The number of methoxy groups -OCH3 is 2. The van der Waals surface area contributed by atoms with Crippen molar-refractivity contribution in [1.82, 2.24) is 5.32 Å². The Morgan fingerprint density at radius 3 is 2.43 bits per heavy atom. The van der Waals surface area contributed by atoms with E-state index in [9.17, 15) is 0 Å². The minimum atomic E-state index is -0.00139. The maximum Gasteiger partial charge on any atom is 0.128 e. The van der Waals surface area contributed by atoms with Gasteiger partial charge in [-0.25, -0.2) is 0 Å². The van der Waals surface area contributed by atoms with Crippen molar-refractivity contribution in [1.29, 1.82) is 0 Å². The van der Waals surface area contributed by atoms with Crippen LogP contribution in [0.4, 0.5) is 0 Å². The lowest BCUT2D eigenvalue weighted by molar-refractivity contribution is -0.0874. The van der Waals surface area contributed by atoms with E-state index in [2.05, 4.69) is 32.2 Å². The molecule has 1 fully saturated rings. The molecule has 1 aliphatic carbocycles. The molecule has 0 heterocycles. The SMILES string of the molecule is CNC1CC(Oc2ccc(OC)cc2C(C)(C)C)C1OC. The van der Waals surface area contributed by atoms with Crippen LogP contribution in [0.3, 0.4) is 0 Å². The van der Waals surface area contributed by atoms with Gasteiger partial charge in [0.1, 0.15) is 23.7 Å². The summed E-state index contributed by atoms with van der Waals surface area (Å²) in [6.07, 6.45) is 1.16. The van der Waals surface area contributed by atoms with Crippen molar-refractivity contribution in [3.05, 3.63) is 23.8 Å². The lowest BCUT2D eigenvalue weighted by atomic mass is 9.84. The van der Waals surface area contributed by atoms with E-state index < -0.39 is 0 Å². The maximum absolute atomic E-state index is 6.22. The van der Waals surface area contributed by atoms with Crippen molar-refractivity contribution in [2.24, 2.45) is 0 Å². The second-order valence-corrected chi connectivity index (χ2v) is 6.60. The molecule has 1 aliphatic rings. The molecule has 0 aromatic heterocycles. The molecule has 4 nitrogen and oxygen atoms in total. The number of rotatable bonds is 5. The summed E-state index contributed by atoms with van der Waals surface area (Å²) in [5.41, 5.74) is 1.16. The number of nitrogens with one attached hydrogen (secondary N) is 1. The van der Waals surface area contributed by atoms with Crippen LogP contribution >= 0.6 is 0 Å². The molecule has 2 rings (SSSR count). The van der Waals surface area contributed by atoms with Crippen molar-refractivity contribution < 1.29 is 14.2 Å². The number of hydrogen-bond acceptors (Lipinski definition) is 4. The molecule has 1 saturated carbocycles. The summed E-state index contributed by atoms with van der Waals surface area (Å²) in [5, 5.41) is 3.26. The molecule has 0 bridgehead atoms. The van der Waals surface area contributed by atoms with Crippen LogP contribution < -0.4 is 14.8 Å². The molecule has 118 valence electrons. The van der Waals surface area contributed by atoms with Gasteiger partial charge < -0.3 is 19.5 Å². The standard InChI is InChI=1S/C17H27NO3/c1-17(2,3)12-9-11(19-5)7-8-14(12)21-15-10-13(18-4)16(15)20-6/h7-9,13,15-16,18H,10H2,1-6H3. The van der Waals surface area contributed by atoms with Gasteiger partial charge in [-0.3, -0.25) is 0 Å². The molecule has 4 heteroatoms. The number of ether oxygens (including phenoxy) is 3. The van der Waals surface area contributed by atoms with Crippen LogP contribution in [0.1, 0.15) is 32.8 Å². The summed E-state index contributed by atoms with van der Waals surface area (Å²) < 4.78 is 17.1. The summed E-state index contributed by atoms with van der Waals surface area (Å²) in [5.74, 6) is 1.78. The Bertz CT molecular complexity index is 481. The van der Waals surface area contributed by atoms with E-state index in [-0.39, 0.29) is 17.6 Å². The van der Waals surface area contributed by atoms with Gasteiger partial charge in [-0.15, -0.1) is 0 Å². The molecular formula is C17H27NO3. The Morgan fingerprint density at radius 1 is 1.19 bits per heavy atom. The third-order valence-electron chi connectivity index (χ3n) is 4.17. The van der Waals surface area contributed by atoms with Gasteiger partial charge in [-0.2, -0.15) is 0 Å². The monoisotopic (exact) mass is 293 g/mol. The summed E-state index contributed by atoms with van der Waals surface area (Å²) in [6, 6.07) is 6.38. The van der Waals surface area contributed by atoms with Crippen LogP contribution in [-0.4, -0.2) is 39.5 Å². The maximum atomic E-state index is 6.22. The van der Waals surface area contributed by atoms with Crippen molar-refractivity contribution in [3.63, 3.8) is 0 Å². The fourth-order valence-electron chi connectivity index (χ4n) is 2.78. The largest absolute Gasteiger partial charge is 0.497 e. The predicted octanol–water partition coefficient (Wildman–Crippen LogP) is 2.75. The van der Waals surface area contributed by atoms with E-state index in [1.54, 1.807) is 14.2 Å². The molecule has 0 amide bonds. The average molecular weight is 293 g/mol. The summed E-state index contributed by atoms with van der Waals surface area (Å²) in [4.78, 5) is 0. The fourth-order valence-corrected chi connectivity index (χ4v) is 2.78. The van der Waals surface area contributed by atoms with Crippen molar-refractivity contribution in [2.75, 3.05) is 21.3 Å². The third kappa shape index (κ3) is 3.33. The van der Waals surface area contributed by atoms with Crippen molar-refractivity contribution >= 4 is 0 Å². The summed E-state index contributed by atoms with van der Waals surface area (Å²) in [7, 11) is 5.39. The number of likely N-dealkylation sites (N-methyl/N-ethyl adjacent to an activating group) is 1. The molecule has 0 radical (unpaired) electrons. The minimum Gasteiger partial charge on any atom is -0.497 e. The molecular weight excluding hydrogens is 266 g/mol. The molecule has 1 aromatic carbocycles. The van der Waals surface area contributed by atoms with Crippen LogP contribution in [0, 0.1) is 0 Å². The van der Waals surface area contributed by atoms with Crippen LogP contribution in [0.2, 0.25) is 0 Å². The van der Waals surface area contributed by atoms with Gasteiger partial charge in [0.15, 0.2) is 0 Å². The molecule has 3 unspecified atom stereocenters. The van der Waals surface area contributed by atoms with Crippen LogP contribution in [0.15, 0.2) is 18.2 Å². The molecule has 1 N–H and O–H groups in total. The topological polar surface area (TPSA) is 39.7 Å². The number of hydrogen-bond donors (Lipinski definition) is 1. The van der Waals surface area contributed by atoms with Gasteiger partial charge in [0, 0.05) is 25.1 Å². The normalized spacial score (nSPS) is 25.3. The fraction of sp³-hybridized carbons (Fsp3) is 0.647. The second kappa shape index (κ2) is 6.24. The Morgan fingerprint density at radius 2 is 1.90 bits per heavy atom. The van der Waals surface area contributed by atoms with Gasteiger partial charge in [0.05, 0.1) is 7.11 Å². The van der Waals surface area contributed by atoms with Gasteiger partial charge in [-0.05, 0) is 30.7 Å². The Kier molecular flexibility index (Phi) is 4.79. The first-order valence-electron chi connectivity index (χ1n) is 7.46. The molecule has 21 heavy (non-hydrogen) atoms. The third-order valence-corrected chi connectivity index (χ3v) is 4.17. The van der Waals surface area contributed by atoms with Crippen molar-refractivity contribution in [2.45, 2.75) is 50.9 Å². The van der Waals surface area contributed by atoms with E-state index in [1.165, 1.54) is 0 Å². The smallest absolute Gasteiger partial charge is 0.128 e. The van der Waals surface area contributed by atoms with Crippen LogP contribution in [-0.2, 0) is 10.2 Å². The molecule has 0 aliphatic heterocycles. The summed E-state index contributed by atoms with van der Waals surface area (Å²) >= 11 is 0. The first kappa shape index (κ1) is 16.1. The van der Waals surface area contributed by atoms with Gasteiger partial charge in [0.2, 0.25) is 0 Å². The first-order chi connectivity index (χ1) is 9.90. The Balaban J connectivity index is 2.20. The Hall–Kier alpha value is -1.26. The predicted molar refractivity (Wildman–Crippen MR) is 84.4 cm³/mol. The van der Waals surface area contributed by atoms with E-state index >= 15 is 0 Å². The minimum absolute atomic E-state index is 0.00139. The lowest BCUT2D eigenvalue weighted by Gasteiger charge is -2.43. The van der Waals surface area contributed by atoms with Gasteiger partial charge in [-0.1, -0.05) is 20.8 Å². The quantitative estimate of drug-likeness (QED) is 0.906. The molecule has 1 aromatic rings. The summed E-state index contributed by atoms with van der Waals surface area (Å²) in [6.45, 7) is 6.54. The molecule has 0 spiro atoms. The number of benzene rings is 1. The highest BCUT2D eigenvalue weighted by atomic mass is 16.5. The Labute approximate surface area is 127 Å². The highest BCUT2D eigenvalue weighted by Gasteiger charge is 2.42. The van der Waals surface area contributed by atoms with Crippen molar-refractivity contribution in [3.8, 4) is 11.5 Å². The molecule has 3 atom stereocenters.